The zero-order valence-electron chi connectivity index (χ0n) is 10.2. The molecule has 1 aliphatic carbocycles. The third-order valence-corrected chi connectivity index (χ3v) is 4.85. The van der Waals surface area contributed by atoms with Gasteiger partial charge in [-0.3, -0.25) is 4.79 Å². The number of rotatable bonds is 1. The van der Waals surface area contributed by atoms with Crippen LogP contribution in [0.3, 0.4) is 0 Å². The molecule has 1 amide bonds. The number of likely N-dealkylation sites (tertiary alicyclic amines) is 1. The summed E-state index contributed by atoms with van der Waals surface area (Å²) in [6.45, 7) is 5.14. The van der Waals surface area contributed by atoms with Crippen molar-refractivity contribution in [3.63, 3.8) is 0 Å². The van der Waals surface area contributed by atoms with Gasteiger partial charge in [0.2, 0.25) is 5.91 Å². The van der Waals surface area contributed by atoms with Crippen molar-refractivity contribution in [1.82, 2.24) is 10.2 Å². The Bertz CT molecular complexity index is 284. The molecule has 0 aromatic heterocycles. The van der Waals surface area contributed by atoms with Gasteiger partial charge in [0.05, 0.1) is 5.54 Å². The normalized spacial score (nSPS) is 42.7. The number of hydrogen-bond acceptors (Lipinski definition) is 2. The van der Waals surface area contributed by atoms with Crippen LogP contribution in [-0.2, 0) is 4.79 Å². The van der Waals surface area contributed by atoms with E-state index < -0.39 is 0 Å². The van der Waals surface area contributed by atoms with E-state index >= 15 is 0 Å². The van der Waals surface area contributed by atoms with Gasteiger partial charge in [0.15, 0.2) is 0 Å². The maximum Gasteiger partial charge on any atom is 0.242 e. The molecule has 16 heavy (non-hydrogen) atoms. The fraction of sp³-hybridized carbons (Fsp3) is 0.923. The Hall–Kier alpha value is -0.570. The first-order valence-corrected chi connectivity index (χ1v) is 6.73. The van der Waals surface area contributed by atoms with Crippen molar-refractivity contribution in [3.05, 3.63) is 0 Å². The lowest BCUT2D eigenvalue weighted by Crippen LogP contribution is -2.52. The van der Waals surface area contributed by atoms with E-state index in [1.807, 2.05) is 0 Å². The topological polar surface area (TPSA) is 32.3 Å². The zero-order valence-corrected chi connectivity index (χ0v) is 10.2. The highest BCUT2D eigenvalue weighted by molar-refractivity contribution is 5.86. The predicted molar refractivity (Wildman–Crippen MR) is 63.1 cm³/mol. The summed E-state index contributed by atoms with van der Waals surface area (Å²) < 4.78 is 0. The Morgan fingerprint density at radius 3 is 2.50 bits per heavy atom. The number of carbonyl (C=O) groups excluding carboxylic acids is 1. The molecule has 2 heterocycles. The Morgan fingerprint density at radius 2 is 1.94 bits per heavy atom. The molecule has 90 valence electrons. The molecule has 1 saturated carbocycles. The number of carbonyl (C=O) groups is 1. The van der Waals surface area contributed by atoms with Gasteiger partial charge in [-0.1, -0.05) is 6.42 Å². The molecular formula is C13H22N2O. The van der Waals surface area contributed by atoms with Gasteiger partial charge in [0.1, 0.15) is 0 Å². The van der Waals surface area contributed by atoms with Crippen molar-refractivity contribution in [2.75, 3.05) is 19.6 Å². The smallest absolute Gasteiger partial charge is 0.242 e. The molecule has 3 unspecified atom stereocenters. The van der Waals surface area contributed by atoms with Gasteiger partial charge in [0, 0.05) is 13.1 Å². The zero-order chi connectivity index (χ0) is 11.2. The molecule has 1 N–H and O–H groups in total. The molecule has 2 saturated heterocycles. The molecule has 0 bridgehead atoms. The van der Waals surface area contributed by atoms with Crippen molar-refractivity contribution in [3.8, 4) is 0 Å². The molecule has 3 nitrogen and oxygen atoms in total. The van der Waals surface area contributed by atoms with Gasteiger partial charge in [0.25, 0.3) is 0 Å². The third-order valence-electron chi connectivity index (χ3n) is 4.85. The highest BCUT2D eigenvalue weighted by atomic mass is 16.2. The average Bonchev–Trinajstić information content (AvgIpc) is 2.90. The Morgan fingerprint density at radius 1 is 1.25 bits per heavy atom. The minimum atomic E-state index is -0.251. The van der Waals surface area contributed by atoms with E-state index in [0.29, 0.717) is 5.91 Å². The molecule has 3 atom stereocenters. The second kappa shape index (κ2) is 3.73. The highest BCUT2D eigenvalue weighted by Crippen LogP contribution is 2.38. The van der Waals surface area contributed by atoms with Gasteiger partial charge < -0.3 is 10.2 Å². The van der Waals surface area contributed by atoms with Crippen LogP contribution >= 0.6 is 0 Å². The lowest BCUT2D eigenvalue weighted by molar-refractivity contribution is -0.136. The van der Waals surface area contributed by atoms with Crippen molar-refractivity contribution < 1.29 is 4.79 Å². The summed E-state index contributed by atoms with van der Waals surface area (Å²) in [5.41, 5.74) is -0.251. The SMILES string of the molecule is CC1(C(=O)N2CC3CCCC3C2)CCCN1. The molecule has 3 fully saturated rings. The van der Waals surface area contributed by atoms with E-state index in [-0.39, 0.29) is 5.54 Å². The Kier molecular flexibility index (Phi) is 2.46. The van der Waals surface area contributed by atoms with Crippen LogP contribution in [0.5, 0.6) is 0 Å². The molecule has 0 spiro atoms. The van der Waals surface area contributed by atoms with Crippen LogP contribution in [0.15, 0.2) is 0 Å². The third kappa shape index (κ3) is 1.56. The molecule has 3 rings (SSSR count). The number of fused-ring (bicyclic) bond motifs is 1. The van der Waals surface area contributed by atoms with Gasteiger partial charge in [-0.15, -0.1) is 0 Å². The number of amides is 1. The number of hydrogen-bond donors (Lipinski definition) is 1. The van der Waals surface area contributed by atoms with E-state index in [0.717, 1.165) is 44.3 Å². The van der Waals surface area contributed by atoms with Crippen LogP contribution in [0, 0.1) is 11.8 Å². The van der Waals surface area contributed by atoms with E-state index in [4.69, 9.17) is 0 Å². The molecule has 0 radical (unpaired) electrons. The average molecular weight is 222 g/mol. The summed E-state index contributed by atoms with van der Waals surface area (Å²) in [6.07, 6.45) is 6.23. The minimum absolute atomic E-state index is 0.251. The maximum absolute atomic E-state index is 12.5. The summed E-state index contributed by atoms with van der Waals surface area (Å²) in [4.78, 5) is 14.6. The first kappa shape index (κ1) is 10.6. The fourth-order valence-corrected chi connectivity index (χ4v) is 3.83. The summed E-state index contributed by atoms with van der Waals surface area (Å²) in [5.74, 6) is 1.99. The molecule has 0 aromatic carbocycles. The van der Waals surface area contributed by atoms with Crippen molar-refractivity contribution in [2.45, 2.75) is 44.6 Å². The van der Waals surface area contributed by atoms with Gasteiger partial charge in [-0.05, 0) is 51.0 Å². The van der Waals surface area contributed by atoms with Crippen molar-refractivity contribution >= 4 is 5.91 Å². The summed E-state index contributed by atoms with van der Waals surface area (Å²) in [6, 6.07) is 0. The Balaban J connectivity index is 1.68. The van der Waals surface area contributed by atoms with Gasteiger partial charge in [-0.25, -0.2) is 0 Å². The standard InChI is InChI=1S/C13H22N2O/c1-13(6-3-7-14-13)12(16)15-8-10-4-2-5-11(10)9-15/h10-11,14H,2-9H2,1H3. The van der Waals surface area contributed by atoms with Crippen LogP contribution in [0.25, 0.3) is 0 Å². The molecule has 2 aliphatic heterocycles. The molecular weight excluding hydrogens is 200 g/mol. The van der Waals surface area contributed by atoms with Crippen LogP contribution in [0.2, 0.25) is 0 Å². The maximum atomic E-state index is 12.5. The molecule has 0 aromatic rings. The van der Waals surface area contributed by atoms with Crippen LogP contribution in [0.1, 0.15) is 39.0 Å². The van der Waals surface area contributed by atoms with Gasteiger partial charge in [-0.2, -0.15) is 0 Å². The predicted octanol–water partition coefficient (Wildman–Crippen LogP) is 1.39. The molecule has 3 aliphatic rings. The van der Waals surface area contributed by atoms with E-state index in [1.54, 1.807) is 0 Å². The first-order chi connectivity index (χ1) is 7.69. The highest BCUT2D eigenvalue weighted by Gasteiger charge is 2.44. The second-order valence-corrected chi connectivity index (χ2v) is 6.02. The van der Waals surface area contributed by atoms with Crippen LogP contribution in [-0.4, -0.2) is 36.0 Å². The van der Waals surface area contributed by atoms with Crippen molar-refractivity contribution in [1.29, 1.82) is 0 Å². The van der Waals surface area contributed by atoms with E-state index in [9.17, 15) is 4.79 Å². The van der Waals surface area contributed by atoms with Crippen LogP contribution in [0.4, 0.5) is 0 Å². The number of nitrogens with one attached hydrogen (secondary N) is 1. The van der Waals surface area contributed by atoms with E-state index in [2.05, 4.69) is 17.1 Å². The number of nitrogens with zero attached hydrogens (tertiary/aromatic N) is 1. The van der Waals surface area contributed by atoms with E-state index in [1.165, 1.54) is 19.3 Å². The summed E-state index contributed by atoms with van der Waals surface area (Å²) in [7, 11) is 0. The first-order valence-electron chi connectivity index (χ1n) is 6.73. The second-order valence-electron chi connectivity index (χ2n) is 6.02. The lowest BCUT2D eigenvalue weighted by Gasteiger charge is -2.29. The Labute approximate surface area is 97.6 Å². The molecule has 3 heteroatoms. The fourth-order valence-electron chi connectivity index (χ4n) is 3.83. The summed E-state index contributed by atoms with van der Waals surface area (Å²) >= 11 is 0. The minimum Gasteiger partial charge on any atom is -0.341 e. The largest absolute Gasteiger partial charge is 0.341 e. The monoisotopic (exact) mass is 222 g/mol. The quantitative estimate of drug-likeness (QED) is 0.727. The van der Waals surface area contributed by atoms with Crippen LogP contribution < -0.4 is 5.32 Å². The van der Waals surface area contributed by atoms with Gasteiger partial charge >= 0.3 is 0 Å². The van der Waals surface area contributed by atoms with Crippen molar-refractivity contribution in [2.24, 2.45) is 11.8 Å². The summed E-state index contributed by atoms with van der Waals surface area (Å²) in [5, 5.41) is 3.38. The lowest BCUT2D eigenvalue weighted by atomic mass is 9.98.